The molecule has 0 rings (SSSR count). The number of aliphatic carboxylic acids is 1. The van der Waals surface area contributed by atoms with E-state index in [9.17, 15) is 63.3 Å². The van der Waals surface area contributed by atoms with Crippen LogP contribution in [0.4, 0.5) is 0 Å². The molecule has 0 saturated heterocycles. The van der Waals surface area contributed by atoms with Gasteiger partial charge in [-0.25, -0.2) is 4.79 Å². The number of unbranched alkanes of at least 4 members (excludes halogenated alkanes) is 1. The van der Waals surface area contributed by atoms with Crippen LogP contribution in [0.15, 0.2) is 0 Å². The lowest BCUT2D eigenvalue weighted by atomic mass is 9.96. The summed E-state index contributed by atoms with van der Waals surface area (Å²) in [5, 5.41) is 48.6. The summed E-state index contributed by atoms with van der Waals surface area (Å²) in [5.41, 5.74) is 10.7. The first-order valence-corrected chi connectivity index (χ1v) is 20.3. The summed E-state index contributed by atoms with van der Waals surface area (Å²) in [7, 11) is 0. The van der Waals surface area contributed by atoms with E-state index in [1.165, 1.54) is 27.7 Å². The molecule has 0 fully saturated rings. The molecule has 23 heteroatoms. The number of hydrogen-bond donors (Lipinski definition) is 13. The number of carboxylic acids is 1. The van der Waals surface area contributed by atoms with Gasteiger partial charge in [0.25, 0.3) is 0 Å². The summed E-state index contributed by atoms with van der Waals surface area (Å²) in [4.78, 5) is 127. The lowest BCUT2D eigenvalue weighted by Crippen LogP contribution is -2.60. The van der Waals surface area contributed by atoms with Crippen molar-refractivity contribution in [2.45, 2.75) is 155 Å². The molecular weight excluding hydrogens is 804 g/mol. The minimum absolute atomic E-state index is 0.0221. The van der Waals surface area contributed by atoms with Crippen LogP contribution in [0.5, 0.6) is 0 Å². The van der Waals surface area contributed by atoms with E-state index in [4.69, 9.17) is 11.5 Å². The maximum absolute atomic E-state index is 13.5. The average molecular weight is 873 g/mol. The Hall–Kier alpha value is -5.42. The number of aliphatic hydroxyl groups is 2. The van der Waals surface area contributed by atoms with Crippen LogP contribution in [0.25, 0.3) is 0 Å². The first-order valence-electron chi connectivity index (χ1n) is 20.3. The van der Waals surface area contributed by atoms with E-state index >= 15 is 0 Å². The smallest absolute Gasteiger partial charge is 0.326 e. The van der Waals surface area contributed by atoms with E-state index in [2.05, 4.69) is 42.5 Å². The van der Waals surface area contributed by atoms with Gasteiger partial charge in [0.1, 0.15) is 42.3 Å². The Labute approximate surface area is 355 Å². The number of carboxylic acid groups (broad SMARTS) is 1. The van der Waals surface area contributed by atoms with E-state index in [0.29, 0.717) is 19.3 Å². The Kier molecular flexibility index (Phi) is 25.7. The summed E-state index contributed by atoms with van der Waals surface area (Å²) >= 11 is 0. The highest BCUT2D eigenvalue weighted by atomic mass is 16.4. The Morgan fingerprint density at radius 3 is 1.62 bits per heavy atom. The zero-order valence-electron chi connectivity index (χ0n) is 36.3. The van der Waals surface area contributed by atoms with Gasteiger partial charge in [-0.3, -0.25) is 43.2 Å². The van der Waals surface area contributed by atoms with Crippen molar-refractivity contribution in [3.8, 4) is 0 Å². The van der Waals surface area contributed by atoms with Crippen molar-refractivity contribution in [1.29, 1.82) is 0 Å². The summed E-state index contributed by atoms with van der Waals surface area (Å²) in [6.07, 6.45) is -2.10. The number of nitrogens with two attached hydrogens (primary N) is 2. The Morgan fingerprint density at radius 1 is 0.574 bits per heavy atom. The number of nitrogens with one attached hydrogen (secondary N) is 8. The second-order valence-corrected chi connectivity index (χ2v) is 15.4. The molecule has 0 radical (unpaired) electrons. The number of carbonyl (C=O) groups is 10. The summed E-state index contributed by atoms with van der Waals surface area (Å²) < 4.78 is 0. The van der Waals surface area contributed by atoms with Crippen LogP contribution in [-0.2, 0) is 47.9 Å². The normalized spacial score (nSPS) is 16.0. The quantitative estimate of drug-likeness (QED) is 0.0318. The molecule has 23 nitrogen and oxygen atoms in total. The molecule has 0 aliphatic heterocycles. The first-order chi connectivity index (χ1) is 28.4. The molecule has 9 amide bonds. The third-order valence-corrected chi connectivity index (χ3v) is 9.42. The molecule has 61 heavy (non-hydrogen) atoms. The third kappa shape index (κ3) is 21.6. The molecule has 0 heterocycles. The third-order valence-electron chi connectivity index (χ3n) is 9.42. The zero-order valence-corrected chi connectivity index (χ0v) is 36.3. The van der Waals surface area contributed by atoms with Gasteiger partial charge in [0.2, 0.25) is 53.2 Å². The molecule has 1 unspecified atom stereocenters. The minimum atomic E-state index is -1.65. The largest absolute Gasteiger partial charge is 0.480 e. The van der Waals surface area contributed by atoms with Crippen molar-refractivity contribution in [2.24, 2.45) is 23.3 Å². The Morgan fingerprint density at radius 2 is 1.11 bits per heavy atom. The van der Waals surface area contributed by atoms with Gasteiger partial charge in [-0.1, -0.05) is 34.1 Å². The van der Waals surface area contributed by atoms with Gasteiger partial charge < -0.3 is 69.3 Å². The summed E-state index contributed by atoms with van der Waals surface area (Å²) in [6, 6.07) is -9.16. The van der Waals surface area contributed by atoms with E-state index in [1.54, 1.807) is 27.7 Å². The molecule has 15 N–H and O–H groups in total. The zero-order chi connectivity index (χ0) is 47.1. The predicted octanol–water partition coefficient (Wildman–Crippen LogP) is -4.13. The van der Waals surface area contributed by atoms with Crippen LogP contribution in [0, 0.1) is 11.8 Å². The highest BCUT2D eigenvalue weighted by molar-refractivity contribution is 5.97. The first kappa shape index (κ1) is 55.6. The molecule has 0 aromatic heterocycles. The maximum atomic E-state index is 13.5. The van der Waals surface area contributed by atoms with Crippen molar-refractivity contribution in [3.05, 3.63) is 0 Å². The second-order valence-electron chi connectivity index (χ2n) is 15.4. The molecule has 0 spiro atoms. The number of amides is 9. The minimum Gasteiger partial charge on any atom is -0.480 e. The number of carbonyl (C=O) groups excluding carboxylic acids is 9. The lowest BCUT2D eigenvalue weighted by Gasteiger charge is -2.29. The van der Waals surface area contributed by atoms with Gasteiger partial charge in [0.05, 0.1) is 25.2 Å². The Bertz CT molecular complexity index is 1530. The van der Waals surface area contributed by atoms with Gasteiger partial charge in [0, 0.05) is 6.42 Å². The van der Waals surface area contributed by atoms with E-state index < -0.39 is 132 Å². The van der Waals surface area contributed by atoms with Gasteiger partial charge >= 0.3 is 5.97 Å². The molecule has 0 aromatic carbocycles. The monoisotopic (exact) mass is 872 g/mol. The van der Waals surface area contributed by atoms with Crippen LogP contribution in [0.3, 0.4) is 0 Å². The van der Waals surface area contributed by atoms with E-state index in [0.717, 1.165) is 0 Å². The topological polar surface area (TPSA) is 380 Å². The van der Waals surface area contributed by atoms with Gasteiger partial charge in [0.15, 0.2) is 0 Å². The van der Waals surface area contributed by atoms with Crippen molar-refractivity contribution in [1.82, 2.24) is 42.5 Å². The van der Waals surface area contributed by atoms with Gasteiger partial charge in [-0.15, -0.1) is 0 Å². The molecule has 348 valence electrons. The number of aliphatic hydroxyl groups excluding tert-OH is 2. The maximum Gasteiger partial charge on any atom is 0.326 e. The van der Waals surface area contributed by atoms with Crippen molar-refractivity contribution in [3.63, 3.8) is 0 Å². The van der Waals surface area contributed by atoms with E-state index in [1.807, 2.05) is 0 Å². The molecule has 0 saturated carbocycles. The van der Waals surface area contributed by atoms with Crippen LogP contribution >= 0.6 is 0 Å². The SMILES string of the molecule is CC[C@H](C)[C@H](NC(=O)[C@@H](NC(=O)[C@H](C)NC(=O)CC(C)O)C(C)C)C(=O)NCC(=O)N[C@@H](CCCCN)C(=O)N[C@H](C(=O)N[C@@H](C)C(=O)N[C@@H](CCC(N)=O)C(=O)O)[C@@H](C)O. The standard InChI is InChI=1S/C38H68N10O13/c1-9-19(4)30(47-36(58)29(18(2)3)46-33(55)21(6)42-27(52)16-20(5)49)35(57)41-17-28(53)44-24(12-10-11-15-39)34(56)48-31(23(8)50)37(59)43-22(7)32(54)45-25(38(60)61)13-14-26(40)51/h18-25,29-31,49-50H,9-17,39H2,1-8H3,(H2,40,51)(H,41,57)(H,42,52)(H,43,59)(H,44,53)(H,45,54)(H,46,55)(H,47,58)(H,48,56)(H,60,61)/t19-,20?,21-,22-,23+,24-,25-,29-,30-,31-/m0/s1. The molecule has 0 aliphatic rings. The highest BCUT2D eigenvalue weighted by Gasteiger charge is 2.34. The molecule has 10 atom stereocenters. The fraction of sp³-hybridized carbons (Fsp3) is 0.737. The van der Waals surface area contributed by atoms with E-state index in [-0.39, 0.29) is 32.2 Å². The fourth-order valence-electron chi connectivity index (χ4n) is 5.55. The molecule has 0 aromatic rings. The lowest BCUT2D eigenvalue weighted by molar-refractivity contribution is -0.142. The number of primary amides is 1. The van der Waals surface area contributed by atoms with Gasteiger partial charge in [-0.2, -0.15) is 0 Å². The predicted molar refractivity (Wildman–Crippen MR) is 219 cm³/mol. The van der Waals surface area contributed by atoms with Crippen LogP contribution in [0.2, 0.25) is 0 Å². The summed E-state index contributed by atoms with van der Waals surface area (Å²) in [5.74, 6) is -9.57. The van der Waals surface area contributed by atoms with Crippen molar-refractivity contribution < 1.29 is 63.3 Å². The molecular formula is C38H68N10O13. The fourth-order valence-corrected chi connectivity index (χ4v) is 5.55. The van der Waals surface area contributed by atoms with Gasteiger partial charge in [-0.05, 0) is 71.8 Å². The Balaban J connectivity index is 5.81. The number of rotatable bonds is 29. The van der Waals surface area contributed by atoms with Crippen LogP contribution < -0.4 is 54.0 Å². The summed E-state index contributed by atoms with van der Waals surface area (Å²) in [6.45, 7) is 11.6. The van der Waals surface area contributed by atoms with Crippen LogP contribution in [-0.4, -0.2) is 142 Å². The molecule has 0 bridgehead atoms. The average Bonchev–Trinajstić information content (AvgIpc) is 3.16. The highest BCUT2D eigenvalue weighted by Crippen LogP contribution is 2.11. The second kappa shape index (κ2) is 28.2. The molecule has 0 aliphatic carbocycles. The van der Waals surface area contributed by atoms with Crippen molar-refractivity contribution in [2.75, 3.05) is 13.1 Å². The van der Waals surface area contributed by atoms with Crippen LogP contribution in [0.1, 0.15) is 100 Å². The van der Waals surface area contributed by atoms with Crippen molar-refractivity contribution >= 4 is 59.1 Å². The number of hydrogen-bond acceptors (Lipinski definition) is 13.